The standard InChI is InChI=1S/C14H16ClN5OS/c1-2-10(22-14-19-11(16)7-12(17)20-14)13(21)18-9-5-3-8(15)4-6-9/h3-7,10H,2H2,1H3,(H,18,21)(H4,16,17,19,20)/t10-/m1/s1. The number of nitrogens with zero attached hydrogens (tertiary/aromatic N) is 2. The first kappa shape index (κ1) is 16.4. The molecule has 0 aliphatic heterocycles. The van der Waals surface area contributed by atoms with Crippen molar-refractivity contribution in [1.82, 2.24) is 9.97 Å². The van der Waals surface area contributed by atoms with Gasteiger partial charge in [0, 0.05) is 16.8 Å². The second kappa shape index (κ2) is 7.33. The Morgan fingerprint density at radius 2 is 1.86 bits per heavy atom. The van der Waals surface area contributed by atoms with E-state index in [1.807, 2.05) is 6.92 Å². The summed E-state index contributed by atoms with van der Waals surface area (Å²) in [6.07, 6.45) is 0.613. The third-order valence-electron chi connectivity index (χ3n) is 2.77. The molecular formula is C14H16ClN5OS. The molecule has 1 heterocycles. The van der Waals surface area contributed by atoms with Crippen LogP contribution < -0.4 is 16.8 Å². The lowest BCUT2D eigenvalue weighted by molar-refractivity contribution is -0.115. The highest BCUT2D eigenvalue weighted by Crippen LogP contribution is 2.25. The summed E-state index contributed by atoms with van der Waals surface area (Å²) < 4.78 is 0. The van der Waals surface area contributed by atoms with Crippen molar-refractivity contribution in [2.45, 2.75) is 23.8 Å². The smallest absolute Gasteiger partial charge is 0.237 e. The normalized spacial score (nSPS) is 11.9. The molecular weight excluding hydrogens is 322 g/mol. The molecule has 1 atom stereocenters. The Bertz CT molecular complexity index is 645. The zero-order chi connectivity index (χ0) is 16.1. The van der Waals surface area contributed by atoms with Gasteiger partial charge in [-0.25, -0.2) is 9.97 Å². The van der Waals surface area contributed by atoms with E-state index >= 15 is 0 Å². The van der Waals surface area contributed by atoms with Crippen LogP contribution in [-0.4, -0.2) is 21.1 Å². The van der Waals surface area contributed by atoms with E-state index in [2.05, 4.69) is 15.3 Å². The van der Waals surface area contributed by atoms with Gasteiger partial charge in [0.05, 0.1) is 5.25 Å². The summed E-state index contributed by atoms with van der Waals surface area (Å²) in [4.78, 5) is 20.5. The third kappa shape index (κ3) is 4.51. The van der Waals surface area contributed by atoms with Crippen LogP contribution in [0.25, 0.3) is 0 Å². The maximum atomic E-state index is 12.3. The lowest BCUT2D eigenvalue weighted by Crippen LogP contribution is -2.24. The number of carbonyl (C=O) groups excluding carboxylic acids is 1. The molecule has 0 fully saturated rings. The van der Waals surface area contributed by atoms with Gasteiger partial charge in [0.1, 0.15) is 11.6 Å². The van der Waals surface area contributed by atoms with E-state index in [-0.39, 0.29) is 22.8 Å². The zero-order valence-corrected chi connectivity index (χ0v) is 13.5. The van der Waals surface area contributed by atoms with Gasteiger partial charge in [-0.2, -0.15) is 0 Å². The van der Waals surface area contributed by atoms with Gasteiger partial charge < -0.3 is 16.8 Å². The summed E-state index contributed by atoms with van der Waals surface area (Å²) in [5.74, 6) is 0.422. The minimum atomic E-state index is -0.350. The van der Waals surface area contributed by atoms with E-state index in [1.165, 1.54) is 17.8 Å². The molecule has 22 heavy (non-hydrogen) atoms. The SMILES string of the molecule is CC[C@@H](Sc1nc(N)cc(N)n1)C(=O)Nc1ccc(Cl)cc1. The molecule has 0 radical (unpaired) electrons. The van der Waals surface area contributed by atoms with E-state index in [1.54, 1.807) is 24.3 Å². The zero-order valence-electron chi connectivity index (χ0n) is 11.9. The minimum Gasteiger partial charge on any atom is -0.383 e. The Kier molecular flexibility index (Phi) is 5.46. The largest absolute Gasteiger partial charge is 0.383 e. The molecule has 2 aromatic rings. The van der Waals surface area contributed by atoms with Crippen molar-refractivity contribution in [2.75, 3.05) is 16.8 Å². The maximum Gasteiger partial charge on any atom is 0.237 e. The second-order valence-corrected chi connectivity index (χ2v) is 6.12. The van der Waals surface area contributed by atoms with Crippen LogP contribution in [0.4, 0.5) is 17.3 Å². The highest BCUT2D eigenvalue weighted by atomic mass is 35.5. The lowest BCUT2D eigenvalue weighted by atomic mass is 10.3. The summed E-state index contributed by atoms with van der Waals surface area (Å²) >= 11 is 7.05. The van der Waals surface area contributed by atoms with Crippen LogP contribution in [0.2, 0.25) is 5.02 Å². The molecule has 2 rings (SSSR count). The predicted octanol–water partition coefficient (Wildman–Crippen LogP) is 2.80. The monoisotopic (exact) mass is 337 g/mol. The number of halogens is 1. The molecule has 0 aliphatic rings. The van der Waals surface area contributed by atoms with Crippen molar-refractivity contribution in [3.8, 4) is 0 Å². The predicted molar refractivity (Wildman–Crippen MR) is 90.9 cm³/mol. The van der Waals surface area contributed by atoms with Gasteiger partial charge in [0.2, 0.25) is 5.91 Å². The number of rotatable bonds is 5. The number of amides is 1. The molecule has 0 spiro atoms. The van der Waals surface area contributed by atoms with Crippen LogP contribution in [0.5, 0.6) is 0 Å². The number of benzene rings is 1. The quantitative estimate of drug-likeness (QED) is 0.572. The van der Waals surface area contributed by atoms with Crippen molar-refractivity contribution in [2.24, 2.45) is 0 Å². The van der Waals surface area contributed by atoms with Crippen LogP contribution in [0.1, 0.15) is 13.3 Å². The molecule has 8 heteroatoms. The fourth-order valence-corrected chi connectivity index (χ4v) is 2.75. The lowest BCUT2D eigenvalue weighted by Gasteiger charge is -2.14. The molecule has 116 valence electrons. The fraction of sp³-hybridized carbons (Fsp3) is 0.214. The first-order chi connectivity index (χ1) is 10.5. The van der Waals surface area contributed by atoms with Crippen LogP contribution in [0.15, 0.2) is 35.5 Å². The van der Waals surface area contributed by atoms with Crippen molar-refractivity contribution >= 4 is 46.6 Å². The number of carbonyl (C=O) groups is 1. The highest BCUT2D eigenvalue weighted by Gasteiger charge is 2.20. The summed E-state index contributed by atoms with van der Waals surface area (Å²) in [6, 6.07) is 8.39. The molecule has 1 aromatic carbocycles. The van der Waals surface area contributed by atoms with Crippen molar-refractivity contribution < 1.29 is 4.79 Å². The van der Waals surface area contributed by atoms with Gasteiger partial charge in [-0.05, 0) is 30.7 Å². The van der Waals surface area contributed by atoms with Crippen molar-refractivity contribution in [3.05, 3.63) is 35.4 Å². The number of hydrogen-bond donors (Lipinski definition) is 3. The van der Waals surface area contributed by atoms with Crippen LogP contribution >= 0.6 is 23.4 Å². The Morgan fingerprint density at radius 1 is 1.27 bits per heavy atom. The number of hydrogen-bond acceptors (Lipinski definition) is 6. The molecule has 0 saturated carbocycles. The number of thioether (sulfide) groups is 1. The van der Waals surface area contributed by atoms with Gasteiger partial charge in [0.15, 0.2) is 5.16 Å². The highest BCUT2D eigenvalue weighted by molar-refractivity contribution is 8.00. The van der Waals surface area contributed by atoms with E-state index in [0.29, 0.717) is 22.3 Å². The number of anilines is 3. The van der Waals surface area contributed by atoms with Crippen LogP contribution in [0.3, 0.4) is 0 Å². The summed E-state index contributed by atoms with van der Waals surface area (Å²) in [7, 11) is 0. The first-order valence-corrected chi connectivity index (χ1v) is 7.87. The molecule has 1 amide bonds. The van der Waals surface area contributed by atoms with Gasteiger partial charge in [0.25, 0.3) is 0 Å². The Morgan fingerprint density at radius 3 is 2.41 bits per heavy atom. The maximum absolute atomic E-state index is 12.3. The van der Waals surface area contributed by atoms with Gasteiger partial charge >= 0.3 is 0 Å². The molecule has 5 N–H and O–H groups in total. The number of aromatic nitrogens is 2. The van der Waals surface area contributed by atoms with E-state index in [9.17, 15) is 4.79 Å². The molecule has 6 nitrogen and oxygen atoms in total. The summed E-state index contributed by atoms with van der Waals surface area (Å²) in [5, 5.41) is 3.48. The van der Waals surface area contributed by atoms with Crippen molar-refractivity contribution in [1.29, 1.82) is 0 Å². The van der Waals surface area contributed by atoms with Crippen molar-refractivity contribution in [3.63, 3.8) is 0 Å². The Labute approximate surface area is 137 Å². The summed E-state index contributed by atoms with van der Waals surface area (Å²) in [6.45, 7) is 1.91. The number of nitrogens with one attached hydrogen (secondary N) is 1. The first-order valence-electron chi connectivity index (χ1n) is 6.61. The number of nitrogen functional groups attached to an aromatic ring is 2. The Hall–Kier alpha value is -1.99. The van der Waals surface area contributed by atoms with Crippen LogP contribution in [0, 0.1) is 0 Å². The topological polar surface area (TPSA) is 107 Å². The molecule has 1 aromatic heterocycles. The summed E-state index contributed by atoms with van der Waals surface area (Å²) in [5.41, 5.74) is 11.9. The minimum absolute atomic E-state index is 0.139. The van der Waals surface area contributed by atoms with E-state index in [0.717, 1.165) is 0 Å². The third-order valence-corrected chi connectivity index (χ3v) is 4.25. The molecule has 0 unspecified atom stereocenters. The van der Waals surface area contributed by atoms with Gasteiger partial charge in [-0.1, -0.05) is 30.3 Å². The molecule has 0 saturated heterocycles. The average Bonchev–Trinajstić information content (AvgIpc) is 2.46. The molecule has 0 bridgehead atoms. The van der Waals surface area contributed by atoms with Gasteiger partial charge in [-0.15, -0.1) is 0 Å². The van der Waals surface area contributed by atoms with E-state index in [4.69, 9.17) is 23.1 Å². The fourth-order valence-electron chi connectivity index (χ4n) is 1.72. The number of nitrogens with two attached hydrogens (primary N) is 2. The van der Waals surface area contributed by atoms with E-state index < -0.39 is 0 Å². The van der Waals surface area contributed by atoms with Crippen LogP contribution in [-0.2, 0) is 4.79 Å². The second-order valence-electron chi connectivity index (χ2n) is 4.51. The average molecular weight is 338 g/mol. The molecule has 0 aliphatic carbocycles. The van der Waals surface area contributed by atoms with Gasteiger partial charge in [-0.3, -0.25) is 4.79 Å². The Balaban J connectivity index is 2.06.